The lowest BCUT2D eigenvalue weighted by molar-refractivity contribution is 0.580. The highest BCUT2D eigenvalue weighted by molar-refractivity contribution is 6.36. The van der Waals surface area contributed by atoms with Gasteiger partial charge < -0.3 is 10.6 Å². The minimum absolute atomic E-state index is 0.177. The van der Waals surface area contributed by atoms with Gasteiger partial charge >= 0.3 is 0 Å². The van der Waals surface area contributed by atoms with E-state index in [-0.39, 0.29) is 12.5 Å². The van der Waals surface area contributed by atoms with Gasteiger partial charge in [0.25, 0.3) is 0 Å². The average molecular weight is 576 g/mol. The number of hydrogen-bond donors (Lipinski definition) is 2. The van der Waals surface area contributed by atoms with E-state index in [9.17, 15) is 14.9 Å². The molecule has 3 heterocycles. The molecule has 3 aromatic heterocycles. The number of aromatic nitrogens is 5. The van der Waals surface area contributed by atoms with Gasteiger partial charge in [-0.15, -0.1) is 5.10 Å². The van der Waals surface area contributed by atoms with Crippen LogP contribution in [0.4, 0.5) is 15.8 Å². The van der Waals surface area contributed by atoms with Crippen LogP contribution in [-0.2, 0) is 5.44 Å². The number of halogens is 2. The van der Waals surface area contributed by atoms with Gasteiger partial charge in [-0.2, -0.15) is 14.9 Å². The summed E-state index contributed by atoms with van der Waals surface area (Å²) in [5, 5.41) is 36.3. The molecule has 6 rings (SSSR count). The van der Waals surface area contributed by atoms with Crippen LogP contribution >= 0.6 is 11.6 Å². The Morgan fingerprint density at radius 3 is 2.62 bits per heavy atom. The molecule has 1 fully saturated rings. The molecule has 0 aliphatic heterocycles. The van der Waals surface area contributed by atoms with E-state index >= 15 is 0 Å². The van der Waals surface area contributed by atoms with Crippen LogP contribution in [0.5, 0.6) is 0 Å². The fourth-order valence-corrected chi connectivity index (χ4v) is 5.31. The van der Waals surface area contributed by atoms with Gasteiger partial charge in [0.1, 0.15) is 19.6 Å². The molecular formula is C30H24BClFN9. The van der Waals surface area contributed by atoms with Crippen molar-refractivity contribution >= 4 is 41.7 Å². The molecule has 2 N–H and O–H groups in total. The summed E-state index contributed by atoms with van der Waals surface area (Å²) in [6, 6.07) is 20.5. The Hall–Kier alpha value is -5.00. The Morgan fingerprint density at radius 1 is 1.12 bits per heavy atom. The van der Waals surface area contributed by atoms with Gasteiger partial charge in [0.05, 0.1) is 58.0 Å². The Labute approximate surface area is 247 Å². The van der Waals surface area contributed by atoms with E-state index in [0.29, 0.717) is 50.2 Å². The molecule has 1 aliphatic carbocycles. The second-order valence-corrected chi connectivity index (χ2v) is 10.8. The van der Waals surface area contributed by atoms with Gasteiger partial charge in [-0.05, 0) is 42.2 Å². The lowest BCUT2D eigenvalue weighted by Crippen LogP contribution is -2.38. The standard InChI is InChI=1S/C30H24BClFN9/c31-30(20-6-9-27(33)36-16-20,26-17-42(41-40-26)22-7-8-22)39-21-12-23-28(19(14-35)15-37-29(23)24(32)13-21)38-25(10-11-34)18-4-2-1-3-5-18/h1-6,9,12-13,15-17,22,25,39H,7-8,10,31H2,(H,37,38)/t25-,30?/m1/s1. The maximum Gasteiger partial charge on any atom is 0.212 e. The predicted octanol–water partition coefficient (Wildman–Crippen LogP) is 5.23. The molecule has 2 aromatic carbocycles. The van der Waals surface area contributed by atoms with Crippen LogP contribution < -0.4 is 10.6 Å². The van der Waals surface area contributed by atoms with Crippen LogP contribution in [0, 0.1) is 28.6 Å². The molecule has 2 atom stereocenters. The van der Waals surface area contributed by atoms with Crippen molar-refractivity contribution in [3.05, 3.63) is 107 Å². The van der Waals surface area contributed by atoms with Gasteiger partial charge in [-0.1, -0.05) is 53.2 Å². The monoisotopic (exact) mass is 575 g/mol. The van der Waals surface area contributed by atoms with Crippen molar-refractivity contribution in [2.75, 3.05) is 10.6 Å². The van der Waals surface area contributed by atoms with Crippen LogP contribution in [0.3, 0.4) is 0 Å². The molecule has 206 valence electrons. The highest BCUT2D eigenvalue weighted by atomic mass is 35.5. The number of benzene rings is 2. The zero-order valence-corrected chi connectivity index (χ0v) is 23.3. The second kappa shape index (κ2) is 11.1. The summed E-state index contributed by atoms with van der Waals surface area (Å²) in [5.41, 5.74) is 3.17. The largest absolute Gasteiger partial charge is 0.377 e. The summed E-state index contributed by atoms with van der Waals surface area (Å²) in [5.74, 6) is -0.590. The molecule has 1 unspecified atom stereocenters. The summed E-state index contributed by atoms with van der Waals surface area (Å²) in [7, 11) is 1.92. The third-order valence-corrected chi connectivity index (χ3v) is 7.79. The van der Waals surface area contributed by atoms with Crippen LogP contribution in [0.2, 0.25) is 5.02 Å². The highest BCUT2D eigenvalue weighted by Gasteiger charge is 2.35. The van der Waals surface area contributed by atoms with Crippen molar-refractivity contribution < 1.29 is 4.39 Å². The van der Waals surface area contributed by atoms with Crippen LogP contribution in [0.1, 0.15) is 53.7 Å². The van der Waals surface area contributed by atoms with Gasteiger partial charge in [-0.3, -0.25) is 4.98 Å². The van der Waals surface area contributed by atoms with E-state index in [2.05, 4.69) is 43.1 Å². The fourth-order valence-electron chi connectivity index (χ4n) is 5.04. The van der Waals surface area contributed by atoms with E-state index in [4.69, 9.17) is 11.6 Å². The number of nitriles is 2. The van der Waals surface area contributed by atoms with E-state index in [1.54, 1.807) is 12.1 Å². The molecule has 0 saturated heterocycles. The summed E-state index contributed by atoms with van der Waals surface area (Å²) in [4.78, 5) is 8.35. The molecule has 1 saturated carbocycles. The molecule has 0 amide bonds. The van der Waals surface area contributed by atoms with Crippen molar-refractivity contribution in [2.45, 2.75) is 36.8 Å². The van der Waals surface area contributed by atoms with Crippen molar-refractivity contribution in [1.29, 1.82) is 10.5 Å². The lowest BCUT2D eigenvalue weighted by atomic mass is 9.70. The predicted molar refractivity (Wildman–Crippen MR) is 160 cm³/mol. The SMILES string of the molecule is BC(Nc1cc(Cl)c2ncc(C#N)c(N[C@H](CC#N)c3ccccc3)c2c1)(c1ccc(F)nc1)c1cn(C2CC2)nn1. The minimum Gasteiger partial charge on any atom is -0.377 e. The van der Waals surface area contributed by atoms with Gasteiger partial charge in [0.15, 0.2) is 0 Å². The van der Waals surface area contributed by atoms with E-state index < -0.39 is 11.4 Å². The summed E-state index contributed by atoms with van der Waals surface area (Å²) < 4.78 is 15.7. The van der Waals surface area contributed by atoms with Crippen molar-refractivity contribution in [3.8, 4) is 12.1 Å². The molecular weight excluding hydrogens is 552 g/mol. The van der Waals surface area contributed by atoms with Gasteiger partial charge in [0, 0.05) is 23.5 Å². The molecule has 0 spiro atoms. The quantitative estimate of drug-likeness (QED) is 0.181. The first-order valence-corrected chi connectivity index (χ1v) is 13.8. The van der Waals surface area contributed by atoms with Crippen molar-refractivity contribution in [2.24, 2.45) is 0 Å². The number of fused-ring (bicyclic) bond motifs is 1. The number of nitrogens with one attached hydrogen (secondary N) is 2. The minimum atomic E-state index is -0.966. The molecule has 0 bridgehead atoms. The summed E-state index contributed by atoms with van der Waals surface area (Å²) in [6.07, 6.45) is 7.11. The number of anilines is 2. The van der Waals surface area contributed by atoms with E-state index in [1.165, 1.54) is 18.5 Å². The summed E-state index contributed by atoms with van der Waals surface area (Å²) >= 11 is 6.78. The van der Waals surface area contributed by atoms with E-state index in [1.807, 2.05) is 55.1 Å². The van der Waals surface area contributed by atoms with Gasteiger partial charge in [0.2, 0.25) is 5.95 Å². The third kappa shape index (κ3) is 5.23. The summed E-state index contributed by atoms with van der Waals surface area (Å²) in [6.45, 7) is 0. The smallest absolute Gasteiger partial charge is 0.212 e. The Morgan fingerprint density at radius 2 is 1.93 bits per heavy atom. The number of pyridine rings is 2. The van der Waals surface area contributed by atoms with E-state index in [0.717, 1.165) is 18.4 Å². The Balaban J connectivity index is 1.46. The number of nitrogens with zero attached hydrogens (tertiary/aromatic N) is 7. The third-order valence-electron chi connectivity index (χ3n) is 7.50. The highest BCUT2D eigenvalue weighted by Crippen LogP contribution is 2.39. The van der Waals surface area contributed by atoms with Crippen molar-refractivity contribution in [3.63, 3.8) is 0 Å². The molecule has 0 radical (unpaired) electrons. The number of hydrogen-bond acceptors (Lipinski definition) is 8. The lowest BCUT2D eigenvalue weighted by Gasteiger charge is -2.31. The van der Waals surface area contributed by atoms with Crippen LogP contribution in [-0.4, -0.2) is 32.8 Å². The Bertz CT molecular complexity index is 1850. The molecule has 5 aromatic rings. The first-order chi connectivity index (χ1) is 20.4. The first-order valence-electron chi connectivity index (χ1n) is 13.4. The normalized spacial score (nSPS) is 14.9. The fraction of sp³-hybridized carbons (Fsp3) is 0.200. The molecule has 42 heavy (non-hydrogen) atoms. The topological polar surface area (TPSA) is 128 Å². The first kappa shape index (κ1) is 27.2. The second-order valence-electron chi connectivity index (χ2n) is 10.4. The maximum absolute atomic E-state index is 13.8. The molecule has 9 nitrogen and oxygen atoms in total. The van der Waals surface area contributed by atoms with Gasteiger partial charge in [-0.25, -0.2) is 9.67 Å². The van der Waals surface area contributed by atoms with Crippen molar-refractivity contribution in [1.82, 2.24) is 25.0 Å². The Kier molecular flexibility index (Phi) is 7.19. The number of rotatable bonds is 9. The zero-order chi connectivity index (χ0) is 29.3. The average Bonchev–Trinajstić information content (AvgIpc) is 3.73. The van der Waals surface area contributed by atoms with Crippen LogP contribution in [0.25, 0.3) is 10.9 Å². The van der Waals surface area contributed by atoms with Crippen LogP contribution in [0.15, 0.2) is 73.2 Å². The molecule has 12 heteroatoms. The zero-order valence-electron chi connectivity index (χ0n) is 22.6. The maximum atomic E-state index is 13.8. The molecule has 1 aliphatic rings.